The van der Waals surface area contributed by atoms with Crippen LogP contribution in [0.1, 0.15) is 12.5 Å². The minimum Gasteiger partial charge on any atom is -0.493 e. The van der Waals surface area contributed by atoms with Crippen LogP contribution in [-0.2, 0) is 6.54 Å². The first kappa shape index (κ1) is 15.5. The molecule has 5 nitrogen and oxygen atoms in total. The second-order valence-corrected chi connectivity index (χ2v) is 5.48. The van der Waals surface area contributed by atoms with E-state index in [9.17, 15) is 4.79 Å². The summed E-state index contributed by atoms with van der Waals surface area (Å²) in [6.45, 7) is 2.88. The summed E-state index contributed by atoms with van der Waals surface area (Å²) in [5.74, 6) is 1.34. The van der Waals surface area contributed by atoms with Crippen molar-refractivity contribution in [2.75, 3.05) is 13.7 Å². The number of benzene rings is 2. The summed E-state index contributed by atoms with van der Waals surface area (Å²) < 4.78 is 12.5. The summed E-state index contributed by atoms with van der Waals surface area (Å²) in [4.78, 5) is 15.0. The van der Waals surface area contributed by atoms with Gasteiger partial charge in [-0.1, -0.05) is 23.7 Å². The molecule has 0 spiro atoms. The minimum atomic E-state index is -0.193. The van der Waals surface area contributed by atoms with E-state index in [1.54, 1.807) is 17.7 Å². The molecule has 1 N–H and O–H groups in total. The Morgan fingerprint density at radius 3 is 2.78 bits per heavy atom. The van der Waals surface area contributed by atoms with Crippen LogP contribution >= 0.6 is 11.6 Å². The van der Waals surface area contributed by atoms with Crippen LogP contribution in [0, 0.1) is 0 Å². The van der Waals surface area contributed by atoms with Crippen LogP contribution in [0.4, 0.5) is 0 Å². The molecule has 1 aromatic heterocycles. The number of imidazole rings is 1. The van der Waals surface area contributed by atoms with Crippen molar-refractivity contribution < 1.29 is 9.47 Å². The monoisotopic (exact) mass is 332 g/mol. The summed E-state index contributed by atoms with van der Waals surface area (Å²) in [5, 5.41) is 0.531. The molecule has 0 saturated heterocycles. The summed E-state index contributed by atoms with van der Waals surface area (Å²) in [5.41, 5.74) is 2.17. The first-order valence-corrected chi connectivity index (χ1v) is 7.68. The van der Waals surface area contributed by atoms with Crippen molar-refractivity contribution in [1.82, 2.24) is 9.55 Å². The molecule has 23 heavy (non-hydrogen) atoms. The summed E-state index contributed by atoms with van der Waals surface area (Å²) >= 11 is 6.13. The van der Waals surface area contributed by atoms with Gasteiger partial charge < -0.3 is 14.5 Å². The minimum absolute atomic E-state index is 0.193. The Balaban J connectivity index is 2.02. The average molecular weight is 333 g/mol. The number of ether oxygens (including phenoxy) is 2. The Morgan fingerprint density at radius 1 is 1.22 bits per heavy atom. The molecular formula is C17H17ClN2O3. The van der Waals surface area contributed by atoms with Crippen LogP contribution in [0.15, 0.2) is 41.2 Å². The highest BCUT2D eigenvalue weighted by Gasteiger charge is 2.11. The molecule has 0 fully saturated rings. The quantitative estimate of drug-likeness (QED) is 0.778. The first-order chi connectivity index (χ1) is 11.1. The Labute approximate surface area is 138 Å². The van der Waals surface area contributed by atoms with E-state index in [2.05, 4.69) is 4.98 Å². The number of nitrogens with one attached hydrogen (secondary N) is 1. The van der Waals surface area contributed by atoms with E-state index >= 15 is 0 Å². The number of hydrogen-bond acceptors (Lipinski definition) is 3. The molecule has 0 saturated carbocycles. The molecule has 0 aliphatic rings. The Morgan fingerprint density at radius 2 is 2.04 bits per heavy atom. The third-order valence-corrected chi connectivity index (χ3v) is 3.94. The topological polar surface area (TPSA) is 56.2 Å². The number of aromatic nitrogens is 2. The maximum Gasteiger partial charge on any atom is 0.326 e. The molecule has 2 aromatic carbocycles. The van der Waals surface area contributed by atoms with Gasteiger partial charge in [-0.15, -0.1) is 0 Å². The first-order valence-electron chi connectivity index (χ1n) is 7.30. The van der Waals surface area contributed by atoms with E-state index in [0.29, 0.717) is 35.2 Å². The maximum atomic E-state index is 12.2. The SMILES string of the molecule is CCOc1cc(Cn2c(=O)[nH]c3c(Cl)cccc32)ccc1OC. The number of halogens is 1. The number of nitrogens with zero attached hydrogens (tertiary/aromatic N) is 1. The largest absolute Gasteiger partial charge is 0.493 e. The maximum absolute atomic E-state index is 12.2. The van der Waals surface area contributed by atoms with Crippen LogP contribution in [0.25, 0.3) is 11.0 Å². The van der Waals surface area contributed by atoms with Gasteiger partial charge in [-0.05, 0) is 36.8 Å². The van der Waals surface area contributed by atoms with Gasteiger partial charge in [-0.2, -0.15) is 0 Å². The lowest BCUT2D eigenvalue weighted by atomic mass is 10.2. The number of methoxy groups -OCH3 is 1. The lowest BCUT2D eigenvalue weighted by molar-refractivity contribution is 0.310. The Hall–Kier alpha value is -2.40. The van der Waals surface area contributed by atoms with Crippen molar-refractivity contribution >= 4 is 22.6 Å². The molecular weight excluding hydrogens is 316 g/mol. The second kappa shape index (κ2) is 6.38. The molecule has 0 aliphatic heterocycles. The Bertz CT molecular complexity index is 898. The normalized spacial score (nSPS) is 10.9. The predicted octanol–water partition coefficient (Wildman–Crippen LogP) is 3.44. The number of hydrogen-bond donors (Lipinski definition) is 1. The number of fused-ring (bicyclic) bond motifs is 1. The fourth-order valence-electron chi connectivity index (χ4n) is 2.57. The number of rotatable bonds is 5. The zero-order valence-corrected chi connectivity index (χ0v) is 13.7. The van der Waals surface area contributed by atoms with Gasteiger partial charge in [0.15, 0.2) is 11.5 Å². The van der Waals surface area contributed by atoms with Crippen molar-refractivity contribution in [2.45, 2.75) is 13.5 Å². The molecule has 120 valence electrons. The van der Waals surface area contributed by atoms with Crippen LogP contribution in [-0.4, -0.2) is 23.3 Å². The lowest BCUT2D eigenvalue weighted by Gasteiger charge is -2.11. The van der Waals surface area contributed by atoms with E-state index in [4.69, 9.17) is 21.1 Å². The van der Waals surface area contributed by atoms with Gasteiger partial charge in [0.2, 0.25) is 0 Å². The van der Waals surface area contributed by atoms with E-state index in [1.165, 1.54) is 0 Å². The van der Waals surface area contributed by atoms with E-state index in [-0.39, 0.29) is 5.69 Å². The fourth-order valence-corrected chi connectivity index (χ4v) is 2.79. The van der Waals surface area contributed by atoms with E-state index in [0.717, 1.165) is 11.1 Å². The van der Waals surface area contributed by atoms with Crippen LogP contribution in [0.3, 0.4) is 0 Å². The van der Waals surface area contributed by atoms with Gasteiger partial charge in [0, 0.05) is 0 Å². The highest BCUT2D eigenvalue weighted by Crippen LogP contribution is 2.29. The molecule has 1 heterocycles. The highest BCUT2D eigenvalue weighted by molar-refractivity contribution is 6.34. The van der Waals surface area contributed by atoms with Crippen molar-refractivity contribution in [3.05, 3.63) is 57.5 Å². The van der Waals surface area contributed by atoms with E-state index < -0.39 is 0 Å². The zero-order chi connectivity index (χ0) is 16.4. The summed E-state index contributed by atoms with van der Waals surface area (Å²) in [7, 11) is 1.60. The third-order valence-electron chi connectivity index (χ3n) is 3.63. The molecule has 0 unspecified atom stereocenters. The van der Waals surface area contributed by atoms with E-state index in [1.807, 2.05) is 37.3 Å². The van der Waals surface area contributed by atoms with Crippen LogP contribution in [0.5, 0.6) is 11.5 Å². The summed E-state index contributed by atoms with van der Waals surface area (Å²) in [6, 6.07) is 11.1. The zero-order valence-electron chi connectivity index (χ0n) is 12.9. The second-order valence-electron chi connectivity index (χ2n) is 5.07. The molecule has 0 bridgehead atoms. The molecule has 6 heteroatoms. The van der Waals surface area contributed by atoms with Crippen molar-refractivity contribution in [3.63, 3.8) is 0 Å². The van der Waals surface area contributed by atoms with Crippen molar-refractivity contribution in [3.8, 4) is 11.5 Å². The Kier molecular flexibility index (Phi) is 4.30. The number of aromatic amines is 1. The van der Waals surface area contributed by atoms with Gasteiger partial charge >= 0.3 is 5.69 Å². The molecule has 0 aliphatic carbocycles. The lowest BCUT2D eigenvalue weighted by Crippen LogP contribution is -2.17. The number of para-hydroxylation sites is 1. The summed E-state index contributed by atoms with van der Waals surface area (Å²) in [6.07, 6.45) is 0. The standard InChI is InChI=1S/C17H17ClN2O3/c1-3-23-15-9-11(7-8-14(15)22-2)10-20-13-6-4-5-12(18)16(13)19-17(20)21/h4-9H,3,10H2,1-2H3,(H,19,21). The van der Waals surface area contributed by atoms with Crippen molar-refractivity contribution in [2.24, 2.45) is 0 Å². The van der Waals surface area contributed by atoms with Crippen LogP contribution < -0.4 is 15.2 Å². The third kappa shape index (κ3) is 2.92. The van der Waals surface area contributed by atoms with Crippen molar-refractivity contribution in [1.29, 1.82) is 0 Å². The van der Waals surface area contributed by atoms with Gasteiger partial charge in [-0.3, -0.25) is 4.57 Å². The molecule has 3 rings (SSSR count). The van der Waals surface area contributed by atoms with Gasteiger partial charge in [0.1, 0.15) is 0 Å². The highest BCUT2D eigenvalue weighted by atomic mass is 35.5. The fraction of sp³-hybridized carbons (Fsp3) is 0.235. The van der Waals surface area contributed by atoms with Gasteiger partial charge in [0.25, 0.3) is 0 Å². The molecule has 0 amide bonds. The smallest absolute Gasteiger partial charge is 0.326 e. The molecule has 3 aromatic rings. The predicted molar refractivity (Wildman–Crippen MR) is 90.8 cm³/mol. The average Bonchev–Trinajstić information content (AvgIpc) is 2.86. The van der Waals surface area contributed by atoms with Gasteiger partial charge in [0.05, 0.1) is 36.3 Å². The number of H-pyrrole nitrogens is 1. The van der Waals surface area contributed by atoms with Crippen LogP contribution in [0.2, 0.25) is 5.02 Å². The molecule has 0 atom stereocenters. The molecule has 0 radical (unpaired) electrons. The van der Waals surface area contributed by atoms with Gasteiger partial charge in [-0.25, -0.2) is 4.79 Å².